The van der Waals surface area contributed by atoms with Crippen molar-refractivity contribution in [3.05, 3.63) is 52.6 Å². The summed E-state index contributed by atoms with van der Waals surface area (Å²) in [6.07, 6.45) is 4.07. The molecule has 2 rings (SSSR count). The molecular weight excluding hydrogens is 267 g/mol. The fourth-order valence-electron chi connectivity index (χ4n) is 1.82. The number of ketones is 1. The average molecular weight is 281 g/mol. The van der Waals surface area contributed by atoms with Crippen LogP contribution in [0.2, 0.25) is 5.02 Å². The molecule has 1 aromatic heterocycles. The standard InChI is InChI=1S/C14H14ClFN2O/c1-2-6-18-9-10(8-17-18)14(19)7-11-12(15)4-3-5-13(11)16/h3-5,8-9H,2,6-7H2,1H3. The molecule has 1 heterocycles. The Morgan fingerprint density at radius 1 is 1.47 bits per heavy atom. The zero-order valence-electron chi connectivity index (χ0n) is 10.6. The molecule has 0 aliphatic rings. The van der Waals surface area contributed by atoms with E-state index in [0.717, 1.165) is 13.0 Å². The van der Waals surface area contributed by atoms with Crippen molar-refractivity contribution in [1.29, 1.82) is 0 Å². The fourth-order valence-corrected chi connectivity index (χ4v) is 2.05. The zero-order chi connectivity index (χ0) is 13.8. The lowest BCUT2D eigenvalue weighted by Crippen LogP contribution is -2.05. The quantitative estimate of drug-likeness (QED) is 0.786. The first kappa shape index (κ1) is 13.7. The van der Waals surface area contributed by atoms with E-state index in [1.807, 2.05) is 6.92 Å². The van der Waals surface area contributed by atoms with Gasteiger partial charge in [-0.05, 0) is 18.6 Å². The molecule has 5 heteroatoms. The van der Waals surface area contributed by atoms with E-state index in [1.54, 1.807) is 16.9 Å². The van der Waals surface area contributed by atoms with Crippen molar-refractivity contribution in [1.82, 2.24) is 9.78 Å². The van der Waals surface area contributed by atoms with Crippen LogP contribution in [0.15, 0.2) is 30.6 Å². The third kappa shape index (κ3) is 3.20. The smallest absolute Gasteiger partial charge is 0.170 e. The number of Topliss-reactive ketones (excluding diaryl/α,β-unsaturated/α-hetero) is 1. The highest BCUT2D eigenvalue weighted by Gasteiger charge is 2.14. The van der Waals surface area contributed by atoms with Crippen LogP contribution >= 0.6 is 11.6 Å². The minimum atomic E-state index is -0.457. The van der Waals surface area contributed by atoms with Crippen LogP contribution in [-0.2, 0) is 13.0 Å². The predicted octanol–water partition coefficient (Wildman–Crippen LogP) is 3.51. The van der Waals surface area contributed by atoms with E-state index in [2.05, 4.69) is 5.10 Å². The average Bonchev–Trinajstić information content (AvgIpc) is 2.83. The number of hydrogen-bond acceptors (Lipinski definition) is 2. The number of carbonyl (C=O) groups excluding carboxylic acids is 1. The molecule has 0 unspecified atom stereocenters. The third-order valence-corrected chi connectivity index (χ3v) is 3.16. The molecule has 0 radical (unpaired) electrons. The molecule has 0 spiro atoms. The number of aromatic nitrogens is 2. The summed E-state index contributed by atoms with van der Waals surface area (Å²) in [5, 5.41) is 4.36. The number of rotatable bonds is 5. The summed E-state index contributed by atoms with van der Waals surface area (Å²) in [4.78, 5) is 12.1. The Kier molecular flexibility index (Phi) is 4.32. The Balaban J connectivity index is 2.16. The molecule has 0 bridgehead atoms. The summed E-state index contributed by atoms with van der Waals surface area (Å²) in [6, 6.07) is 4.40. The van der Waals surface area contributed by atoms with E-state index in [0.29, 0.717) is 5.56 Å². The largest absolute Gasteiger partial charge is 0.294 e. The molecule has 19 heavy (non-hydrogen) atoms. The van der Waals surface area contributed by atoms with Gasteiger partial charge >= 0.3 is 0 Å². The molecule has 0 amide bonds. The Morgan fingerprint density at radius 3 is 2.95 bits per heavy atom. The first-order valence-corrected chi connectivity index (χ1v) is 6.48. The second kappa shape index (κ2) is 5.97. The lowest BCUT2D eigenvalue weighted by Gasteiger charge is -2.03. The summed E-state index contributed by atoms with van der Waals surface area (Å²) in [5.41, 5.74) is 0.713. The molecule has 0 saturated carbocycles. The zero-order valence-corrected chi connectivity index (χ0v) is 11.3. The summed E-state index contributed by atoms with van der Waals surface area (Å²) < 4.78 is 15.3. The predicted molar refractivity (Wildman–Crippen MR) is 72.0 cm³/mol. The second-order valence-electron chi connectivity index (χ2n) is 4.29. The van der Waals surface area contributed by atoms with Gasteiger partial charge in [0.15, 0.2) is 5.78 Å². The molecule has 0 N–H and O–H groups in total. The van der Waals surface area contributed by atoms with E-state index in [-0.39, 0.29) is 22.8 Å². The van der Waals surface area contributed by atoms with Crippen molar-refractivity contribution < 1.29 is 9.18 Å². The van der Waals surface area contributed by atoms with Crippen LogP contribution in [0.5, 0.6) is 0 Å². The summed E-state index contributed by atoms with van der Waals surface area (Å²) in [6.45, 7) is 2.79. The van der Waals surface area contributed by atoms with Gasteiger partial charge in [-0.3, -0.25) is 9.48 Å². The monoisotopic (exact) mass is 280 g/mol. The molecule has 0 saturated heterocycles. The number of hydrogen-bond donors (Lipinski definition) is 0. The minimum absolute atomic E-state index is 0.0523. The van der Waals surface area contributed by atoms with Crippen molar-refractivity contribution in [2.75, 3.05) is 0 Å². The van der Waals surface area contributed by atoms with Gasteiger partial charge in [0.1, 0.15) is 5.82 Å². The molecule has 0 aliphatic heterocycles. The van der Waals surface area contributed by atoms with Gasteiger partial charge in [-0.2, -0.15) is 5.10 Å². The summed E-state index contributed by atoms with van der Waals surface area (Å²) in [5.74, 6) is -0.642. The maximum absolute atomic E-state index is 13.6. The Labute approximate surface area is 116 Å². The van der Waals surface area contributed by atoms with Crippen molar-refractivity contribution in [3.8, 4) is 0 Å². The van der Waals surface area contributed by atoms with Crippen molar-refractivity contribution in [3.63, 3.8) is 0 Å². The van der Waals surface area contributed by atoms with E-state index in [1.165, 1.54) is 18.3 Å². The van der Waals surface area contributed by atoms with Gasteiger partial charge in [-0.25, -0.2) is 4.39 Å². The van der Waals surface area contributed by atoms with Crippen molar-refractivity contribution >= 4 is 17.4 Å². The molecule has 100 valence electrons. The van der Waals surface area contributed by atoms with Gasteiger partial charge in [-0.1, -0.05) is 24.6 Å². The molecule has 0 atom stereocenters. The molecule has 3 nitrogen and oxygen atoms in total. The van der Waals surface area contributed by atoms with E-state index in [4.69, 9.17) is 11.6 Å². The highest BCUT2D eigenvalue weighted by Crippen LogP contribution is 2.20. The van der Waals surface area contributed by atoms with Gasteiger partial charge in [-0.15, -0.1) is 0 Å². The topological polar surface area (TPSA) is 34.9 Å². The number of benzene rings is 1. The Morgan fingerprint density at radius 2 is 2.26 bits per heavy atom. The summed E-state index contributed by atoms with van der Waals surface area (Å²) >= 11 is 5.90. The lowest BCUT2D eigenvalue weighted by molar-refractivity contribution is 0.0991. The summed E-state index contributed by atoms with van der Waals surface area (Å²) in [7, 11) is 0. The maximum Gasteiger partial charge on any atom is 0.170 e. The van der Waals surface area contributed by atoms with Crippen LogP contribution in [0.1, 0.15) is 29.3 Å². The van der Waals surface area contributed by atoms with E-state index >= 15 is 0 Å². The third-order valence-electron chi connectivity index (χ3n) is 2.81. The van der Waals surface area contributed by atoms with Crippen LogP contribution < -0.4 is 0 Å². The molecule has 0 fully saturated rings. The lowest BCUT2D eigenvalue weighted by atomic mass is 10.1. The van der Waals surface area contributed by atoms with Gasteiger partial charge in [0.05, 0.1) is 11.8 Å². The Bertz CT molecular complexity index is 575. The highest BCUT2D eigenvalue weighted by molar-refractivity contribution is 6.31. The van der Waals surface area contributed by atoms with Gasteiger partial charge in [0.2, 0.25) is 0 Å². The van der Waals surface area contributed by atoms with Crippen LogP contribution in [0.25, 0.3) is 0 Å². The van der Waals surface area contributed by atoms with Crippen LogP contribution in [-0.4, -0.2) is 15.6 Å². The van der Waals surface area contributed by atoms with Crippen molar-refractivity contribution in [2.24, 2.45) is 0 Å². The molecule has 1 aromatic carbocycles. The maximum atomic E-state index is 13.6. The molecule has 2 aromatic rings. The highest BCUT2D eigenvalue weighted by atomic mass is 35.5. The van der Waals surface area contributed by atoms with Gasteiger partial charge < -0.3 is 0 Å². The SMILES string of the molecule is CCCn1cc(C(=O)Cc2c(F)cccc2Cl)cn1. The number of aryl methyl sites for hydroxylation is 1. The first-order chi connectivity index (χ1) is 9.11. The first-order valence-electron chi connectivity index (χ1n) is 6.10. The van der Waals surface area contributed by atoms with Gasteiger partial charge in [0.25, 0.3) is 0 Å². The molecule has 0 aliphatic carbocycles. The van der Waals surface area contributed by atoms with Crippen LogP contribution in [0.3, 0.4) is 0 Å². The number of halogens is 2. The minimum Gasteiger partial charge on any atom is -0.294 e. The Hall–Kier alpha value is -1.68. The van der Waals surface area contributed by atoms with Gasteiger partial charge in [0, 0.05) is 29.7 Å². The van der Waals surface area contributed by atoms with E-state index in [9.17, 15) is 9.18 Å². The van der Waals surface area contributed by atoms with Crippen molar-refractivity contribution in [2.45, 2.75) is 26.3 Å². The number of nitrogens with zero attached hydrogens (tertiary/aromatic N) is 2. The second-order valence-corrected chi connectivity index (χ2v) is 4.70. The van der Waals surface area contributed by atoms with Crippen LogP contribution in [0, 0.1) is 5.82 Å². The fraction of sp³-hybridized carbons (Fsp3) is 0.286. The molecular formula is C14H14ClFN2O. The van der Waals surface area contributed by atoms with E-state index < -0.39 is 5.82 Å². The normalized spacial score (nSPS) is 10.7. The van der Waals surface area contributed by atoms with Crippen LogP contribution in [0.4, 0.5) is 4.39 Å². The number of carbonyl (C=O) groups is 1.